The topological polar surface area (TPSA) is 52.6 Å². The number of hydrogen-bond acceptors (Lipinski definition) is 4. The molecule has 0 aromatic heterocycles. The van der Waals surface area contributed by atoms with Gasteiger partial charge in [-0.3, -0.25) is 0 Å². The van der Waals surface area contributed by atoms with Gasteiger partial charge in [-0.05, 0) is 13.8 Å². The van der Waals surface area contributed by atoms with E-state index in [9.17, 15) is 9.59 Å². The van der Waals surface area contributed by atoms with Gasteiger partial charge >= 0.3 is 11.9 Å². The first-order chi connectivity index (χ1) is 7.38. The average molecular weight is 247 g/mol. The Bertz CT molecular complexity index is 309. The van der Waals surface area contributed by atoms with E-state index in [1.165, 1.54) is 13.8 Å². The number of hydrogen-bond donors (Lipinski definition) is 0. The Balaban J connectivity index is 4.11. The second-order valence-electron chi connectivity index (χ2n) is 3.34. The molecule has 0 spiro atoms. The number of ether oxygens (including phenoxy) is 2. The molecule has 0 aliphatic rings. The molecule has 5 heteroatoms. The fraction of sp³-hybridized carbons (Fsp3) is 0.455. The summed E-state index contributed by atoms with van der Waals surface area (Å²) >= 11 is 5.56. The zero-order chi connectivity index (χ0) is 12.7. The van der Waals surface area contributed by atoms with Crippen LogP contribution in [0, 0.1) is 0 Å². The Hall–Kier alpha value is -1.29. The minimum atomic E-state index is -0.672. The first-order valence-electron chi connectivity index (χ1n) is 4.63. The average Bonchev–Trinajstić information content (AvgIpc) is 2.22. The minimum absolute atomic E-state index is 0.0441. The normalized spacial score (nSPS) is 11.4. The first-order valence-corrected chi connectivity index (χ1v) is 5.17. The quantitative estimate of drug-likeness (QED) is 0.408. The van der Waals surface area contributed by atoms with Crippen LogP contribution in [-0.2, 0) is 19.1 Å². The van der Waals surface area contributed by atoms with Crippen molar-refractivity contribution in [3.8, 4) is 0 Å². The molecule has 0 saturated heterocycles. The van der Waals surface area contributed by atoms with Crippen LogP contribution in [0.1, 0.15) is 13.8 Å². The molecule has 0 rings (SSSR count). The van der Waals surface area contributed by atoms with E-state index in [4.69, 9.17) is 21.1 Å². The van der Waals surface area contributed by atoms with E-state index in [-0.39, 0.29) is 23.6 Å². The minimum Gasteiger partial charge on any atom is -0.458 e. The molecule has 0 N–H and O–H groups in total. The van der Waals surface area contributed by atoms with E-state index in [2.05, 4.69) is 13.2 Å². The first kappa shape index (κ1) is 14.7. The molecule has 1 atom stereocenters. The van der Waals surface area contributed by atoms with E-state index in [1.807, 2.05) is 0 Å². The summed E-state index contributed by atoms with van der Waals surface area (Å²) in [5.41, 5.74) is 0.542. The van der Waals surface area contributed by atoms with E-state index in [0.29, 0.717) is 0 Å². The van der Waals surface area contributed by atoms with Gasteiger partial charge in [0.1, 0.15) is 12.7 Å². The molecule has 1 unspecified atom stereocenters. The predicted octanol–water partition coefficient (Wildman–Crippen LogP) is 1.83. The molecule has 0 bridgehead atoms. The smallest absolute Gasteiger partial charge is 0.333 e. The molecule has 90 valence electrons. The Morgan fingerprint density at radius 1 is 1.19 bits per heavy atom. The van der Waals surface area contributed by atoms with Gasteiger partial charge in [0.05, 0.1) is 5.88 Å². The Morgan fingerprint density at radius 2 is 1.69 bits per heavy atom. The molecule has 0 aromatic rings. The van der Waals surface area contributed by atoms with Gasteiger partial charge in [0, 0.05) is 11.1 Å². The summed E-state index contributed by atoms with van der Waals surface area (Å²) in [6.45, 7) is 9.80. The van der Waals surface area contributed by atoms with Crippen LogP contribution in [0.5, 0.6) is 0 Å². The Kier molecular flexibility index (Phi) is 6.49. The highest BCUT2D eigenvalue weighted by Gasteiger charge is 2.16. The number of halogens is 1. The number of carbonyl (C=O) groups excluding carboxylic acids is 2. The number of carbonyl (C=O) groups is 2. The van der Waals surface area contributed by atoms with Gasteiger partial charge in [0.15, 0.2) is 0 Å². The molecule has 0 amide bonds. The van der Waals surface area contributed by atoms with Gasteiger partial charge in [-0.2, -0.15) is 0 Å². The van der Waals surface area contributed by atoms with Crippen molar-refractivity contribution in [3.05, 3.63) is 24.3 Å². The van der Waals surface area contributed by atoms with Crippen molar-refractivity contribution in [2.75, 3.05) is 12.5 Å². The molecule has 0 fully saturated rings. The SMILES string of the molecule is C=C(C)C(=O)OCC(CCl)OC(=O)C(=C)C. The van der Waals surface area contributed by atoms with Crippen molar-refractivity contribution < 1.29 is 19.1 Å². The molecule has 4 nitrogen and oxygen atoms in total. The molecule has 0 aromatic carbocycles. The predicted molar refractivity (Wildman–Crippen MR) is 61.2 cm³/mol. The third kappa shape index (κ3) is 5.56. The van der Waals surface area contributed by atoms with Crippen LogP contribution < -0.4 is 0 Å². The summed E-state index contributed by atoms with van der Waals surface area (Å²) in [6.07, 6.45) is -0.672. The van der Waals surface area contributed by atoms with Crippen LogP contribution in [0.3, 0.4) is 0 Å². The molecule has 0 saturated carbocycles. The molecule has 0 radical (unpaired) electrons. The summed E-state index contributed by atoms with van der Waals surface area (Å²) in [7, 11) is 0. The second kappa shape index (κ2) is 7.06. The van der Waals surface area contributed by atoms with Gasteiger partial charge in [0.2, 0.25) is 0 Å². The summed E-state index contributed by atoms with van der Waals surface area (Å²) < 4.78 is 9.72. The van der Waals surface area contributed by atoms with Crippen LogP contribution in [0.2, 0.25) is 0 Å². The van der Waals surface area contributed by atoms with E-state index in [1.54, 1.807) is 0 Å². The maximum atomic E-state index is 11.2. The second-order valence-corrected chi connectivity index (χ2v) is 3.65. The zero-order valence-electron chi connectivity index (χ0n) is 9.42. The lowest BCUT2D eigenvalue weighted by molar-refractivity contribution is -0.152. The van der Waals surface area contributed by atoms with Crippen molar-refractivity contribution in [1.82, 2.24) is 0 Å². The maximum Gasteiger partial charge on any atom is 0.333 e. The van der Waals surface area contributed by atoms with Crippen molar-refractivity contribution in [2.45, 2.75) is 20.0 Å². The summed E-state index contributed by atoms with van der Waals surface area (Å²) in [4.78, 5) is 22.2. The highest BCUT2D eigenvalue weighted by Crippen LogP contribution is 2.03. The molecular formula is C11H15ClO4. The molecule has 0 aliphatic carbocycles. The summed E-state index contributed by atoms with van der Waals surface area (Å²) in [5.74, 6) is -1.05. The lowest BCUT2D eigenvalue weighted by atomic mass is 10.3. The molecule has 16 heavy (non-hydrogen) atoms. The number of alkyl halides is 1. The van der Waals surface area contributed by atoms with E-state index in [0.717, 1.165) is 0 Å². The zero-order valence-corrected chi connectivity index (χ0v) is 10.2. The van der Waals surface area contributed by atoms with Gasteiger partial charge in [-0.1, -0.05) is 13.2 Å². The fourth-order valence-corrected chi connectivity index (χ4v) is 0.806. The van der Waals surface area contributed by atoms with Crippen molar-refractivity contribution in [1.29, 1.82) is 0 Å². The highest BCUT2D eigenvalue weighted by molar-refractivity contribution is 6.18. The molecular weight excluding hydrogens is 232 g/mol. The molecule has 0 aliphatic heterocycles. The van der Waals surface area contributed by atoms with E-state index >= 15 is 0 Å². The van der Waals surface area contributed by atoms with Crippen LogP contribution in [0.4, 0.5) is 0 Å². The van der Waals surface area contributed by atoms with Crippen LogP contribution >= 0.6 is 11.6 Å². The highest BCUT2D eigenvalue weighted by atomic mass is 35.5. The maximum absolute atomic E-state index is 11.2. The largest absolute Gasteiger partial charge is 0.458 e. The van der Waals surface area contributed by atoms with Gasteiger partial charge in [-0.15, -0.1) is 11.6 Å². The summed E-state index contributed by atoms with van der Waals surface area (Å²) in [6, 6.07) is 0. The summed E-state index contributed by atoms with van der Waals surface area (Å²) in [5, 5.41) is 0. The monoisotopic (exact) mass is 246 g/mol. The standard InChI is InChI=1S/C11H15ClO4/c1-7(2)10(13)15-6-9(5-12)16-11(14)8(3)4/h9H,1,3,5-6H2,2,4H3. The van der Waals surface area contributed by atoms with Gasteiger partial charge in [0.25, 0.3) is 0 Å². The number of rotatable bonds is 6. The third-order valence-corrected chi connectivity index (χ3v) is 1.89. The van der Waals surface area contributed by atoms with Crippen LogP contribution in [-0.4, -0.2) is 30.5 Å². The Morgan fingerprint density at radius 3 is 2.06 bits per heavy atom. The van der Waals surface area contributed by atoms with Gasteiger partial charge < -0.3 is 9.47 Å². The van der Waals surface area contributed by atoms with Gasteiger partial charge in [-0.25, -0.2) is 9.59 Å². The lowest BCUT2D eigenvalue weighted by Crippen LogP contribution is -2.27. The van der Waals surface area contributed by atoms with Crippen LogP contribution in [0.15, 0.2) is 24.3 Å². The fourth-order valence-electron chi connectivity index (χ4n) is 0.654. The molecule has 0 heterocycles. The third-order valence-electron chi connectivity index (χ3n) is 1.54. The Labute approximate surface area is 99.9 Å². The van der Waals surface area contributed by atoms with Crippen molar-refractivity contribution >= 4 is 23.5 Å². The lowest BCUT2D eigenvalue weighted by Gasteiger charge is -2.15. The number of esters is 2. The van der Waals surface area contributed by atoms with Crippen molar-refractivity contribution in [3.63, 3.8) is 0 Å². The van der Waals surface area contributed by atoms with E-state index < -0.39 is 18.0 Å². The van der Waals surface area contributed by atoms with Crippen LogP contribution in [0.25, 0.3) is 0 Å². The van der Waals surface area contributed by atoms with Crippen molar-refractivity contribution in [2.24, 2.45) is 0 Å².